The van der Waals surface area contributed by atoms with Crippen LogP contribution in [0.1, 0.15) is 0 Å². The van der Waals surface area contributed by atoms with Crippen LogP contribution in [0.25, 0.3) is 0 Å². The lowest BCUT2D eigenvalue weighted by Crippen LogP contribution is -2.08. The summed E-state index contributed by atoms with van der Waals surface area (Å²) in [4.78, 5) is 10.4. The highest BCUT2D eigenvalue weighted by Gasteiger charge is 1.98. The second-order valence-corrected chi connectivity index (χ2v) is 1.96. The van der Waals surface area contributed by atoms with Crippen molar-refractivity contribution < 1.29 is 14.3 Å². The van der Waals surface area contributed by atoms with Crippen LogP contribution in [-0.2, 0) is 9.47 Å². The largest absolute Gasteiger partial charge is 0.509 e. The van der Waals surface area contributed by atoms with Crippen molar-refractivity contribution in [1.29, 1.82) is 0 Å². The highest BCUT2D eigenvalue weighted by molar-refractivity contribution is 7.16. The first kappa shape index (κ1) is 9.26. The highest BCUT2D eigenvalue weighted by Crippen LogP contribution is 1.86. The average Bonchev–Trinajstić information content (AvgIpc) is 1.97. The van der Waals surface area contributed by atoms with E-state index in [0.717, 1.165) is 0 Å². The summed E-state index contributed by atoms with van der Waals surface area (Å²) in [5, 5.41) is 0. The molecule has 10 heavy (non-hydrogen) atoms. The van der Waals surface area contributed by atoms with E-state index in [1.54, 1.807) is 0 Å². The summed E-state index contributed by atoms with van der Waals surface area (Å²) in [7, 11) is 2.42. The van der Waals surface area contributed by atoms with Crippen LogP contribution in [0.3, 0.4) is 0 Å². The molecule has 0 N–H and O–H groups in total. The normalized spacial score (nSPS) is 8.00. The van der Waals surface area contributed by atoms with Crippen LogP contribution in [0.5, 0.6) is 0 Å². The van der Waals surface area contributed by atoms with Crippen LogP contribution in [0, 0.1) is 12.3 Å². The molecule has 1 unspecified atom stereocenters. The van der Waals surface area contributed by atoms with Gasteiger partial charge in [-0.25, -0.2) is 4.79 Å². The van der Waals surface area contributed by atoms with Gasteiger partial charge in [-0.1, -0.05) is 5.92 Å². The Morgan fingerprint density at radius 1 is 1.60 bits per heavy atom. The first-order valence-corrected chi connectivity index (χ1v) is 3.56. The predicted octanol–water partition coefficient (Wildman–Crippen LogP) is 0.648. The smallest absolute Gasteiger partial charge is 0.434 e. The van der Waals surface area contributed by atoms with Crippen LogP contribution in [0.4, 0.5) is 4.79 Å². The van der Waals surface area contributed by atoms with Crippen molar-refractivity contribution in [2.24, 2.45) is 0 Å². The molecule has 0 bridgehead atoms. The Bertz CT molecular complexity index is 138. The van der Waals surface area contributed by atoms with Crippen molar-refractivity contribution >= 4 is 15.4 Å². The second-order valence-electron chi connectivity index (χ2n) is 1.38. The number of rotatable bonds is 3. The minimum absolute atomic E-state index is 0.0321. The summed E-state index contributed by atoms with van der Waals surface area (Å²) in [5.41, 5.74) is 0. The molecule has 0 saturated heterocycles. The fraction of sp³-hybridized carbons (Fsp3) is 0.500. The van der Waals surface area contributed by atoms with E-state index in [9.17, 15) is 4.79 Å². The van der Waals surface area contributed by atoms with Gasteiger partial charge in [0.05, 0.1) is 6.61 Å². The Kier molecular flexibility index (Phi) is 5.91. The Labute approximate surface area is 62.3 Å². The molecule has 4 heteroatoms. The maximum absolute atomic E-state index is 10.4. The molecule has 0 aliphatic rings. The third-order valence-corrected chi connectivity index (χ3v) is 0.847. The molecular formula is C6H9O3P. The van der Waals surface area contributed by atoms with E-state index in [1.165, 1.54) is 0 Å². The molecule has 0 rings (SSSR count). The summed E-state index contributed by atoms with van der Waals surface area (Å²) in [5.74, 6) is 2.15. The van der Waals surface area contributed by atoms with Crippen LogP contribution < -0.4 is 0 Å². The third-order valence-electron chi connectivity index (χ3n) is 0.611. The molecule has 0 aromatic rings. The summed E-state index contributed by atoms with van der Waals surface area (Å²) < 4.78 is 8.90. The molecule has 3 nitrogen and oxygen atoms in total. The van der Waals surface area contributed by atoms with Gasteiger partial charge in [-0.15, -0.1) is 15.7 Å². The quantitative estimate of drug-likeness (QED) is 0.345. The van der Waals surface area contributed by atoms with E-state index in [2.05, 4.69) is 24.6 Å². The van der Waals surface area contributed by atoms with Crippen molar-refractivity contribution in [3.05, 3.63) is 0 Å². The number of hydrogen-bond acceptors (Lipinski definition) is 3. The van der Waals surface area contributed by atoms with Crippen LogP contribution in [-0.4, -0.2) is 25.5 Å². The molecule has 56 valence electrons. The molecule has 0 aromatic heterocycles. The van der Waals surface area contributed by atoms with Gasteiger partial charge < -0.3 is 9.47 Å². The molecule has 0 spiro atoms. The lowest BCUT2D eigenvalue weighted by molar-refractivity contribution is 0.0694. The van der Waals surface area contributed by atoms with E-state index in [-0.39, 0.29) is 6.61 Å². The summed E-state index contributed by atoms with van der Waals surface area (Å²) in [6.07, 6.45) is 4.81. The number of hydrogen-bond donors (Lipinski definition) is 0. The van der Waals surface area contributed by atoms with Gasteiger partial charge in [-0.2, -0.15) is 0 Å². The monoisotopic (exact) mass is 160 g/mol. The summed E-state index contributed by atoms with van der Waals surface area (Å²) in [6, 6.07) is 0. The van der Waals surface area contributed by atoms with Crippen LogP contribution >= 0.6 is 9.24 Å². The lowest BCUT2D eigenvalue weighted by Gasteiger charge is -2.00. The fourth-order valence-electron chi connectivity index (χ4n) is 0.285. The zero-order chi connectivity index (χ0) is 7.82. The molecule has 0 radical (unpaired) electrons. The maximum Gasteiger partial charge on any atom is 0.509 e. The molecule has 0 amide bonds. The first-order chi connectivity index (χ1) is 4.81. The Balaban J connectivity index is 3.19. The van der Waals surface area contributed by atoms with Gasteiger partial charge in [0, 0.05) is 0 Å². The zero-order valence-electron chi connectivity index (χ0n) is 5.50. The van der Waals surface area contributed by atoms with E-state index in [1.807, 2.05) is 0 Å². The molecular weight excluding hydrogens is 151 g/mol. The van der Waals surface area contributed by atoms with Gasteiger partial charge in [-0.3, -0.25) is 0 Å². The summed E-state index contributed by atoms with van der Waals surface area (Å²) in [6.45, 7) is 0.309. The van der Waals surface area contributed by atoms with Crippen molar-refractivity contribution in [1.82, 2.24) is 0 Å². The topological polar surface area (TPSA) is 35.5 Å². The molecule has 0 aliphatic carbocycles. The molecule has 0 saturated carbocycles. The third kappa shape index (κ3) is 5.40. The van der Waals surface area contributed by atoms with Gasteiger partial charge >= 0.3 is 6.16 Å². The van der Waals surface area contributed by atoms with Gasteiger partial charge in [0.1, 0.15) is 0 Å². The van der Waals surface area contributed by atoms with E-state index < -0.39 is 6.16 Å². The van der Waals surface area contributed by atoms with Crippen molar-refractivity contribution in [2.75, 3.05) is 19.4 Å². The lowest BCUT2D eigenvalue weighted by atomic mass is 10.8. The van der Waals surface area contributed by atoms with E-state index in [4.69, 9.17) is 6.42 Å². The molecule has 0 aromatic carbocycles. The summed E-state index contributed by atoms with van der Waals surface area (Å²) >= 11 is 0. The number of carbonyl (C=O) groups excluding carboxylic acids is 1. The number of carbonyl (C=O) groups is 1. The van der Waals surface area contributed by atoms with Gasteiger partial charge in [0.25, 0.3) is 0 Å². The Hall–Kier alpha value is -0.740. The predicted molar refractivity (Wildman–Crippen MR) is 40.7 cm³/mol. The van der Waals surface area contributed by atoms with Gasteiger partial charge in [0.15, 0.2) is 6.61 Å². The number of terminal acetylenes is 1. The van der Waals surface area contributed by atoms with Gasteiger partial charge in [0.2, 0.25) is 0 Å². The van der Waals surface area contributed by atoms with Crippen molar-refractivity contribution in [2.45, 2.75) is 0 Å². The molecule has 0 aliphatic heterocycles. The fourth-order valence-corrected chi connectivity index (χ4v) is 0.402. The Morgan fingerprint density at radius 2 is 2.30 bits per heavy atom. The van der Waals surface area contributed by atoms with Crippen LogP contribution in [0.2, 0.25) is 0 Å². The van der Waals surface area contributed by atoms with E-state index >= 15 is 0 Å². The van der Waals surface area contributed by atoms with E-state index in [0.29, 0.717) is 12.8 Å². The van der Waals surface area contributed by atoms with Crippen LogP contribution in [0.15, 0.2) is 0 Å². The van der Waals surface area contributed by atoms with Gasteiger partial charge in [-0.05, 0) is 6.16 Å². The second kappa shape index (κ2) is 6.38. The average molecular weight is 160 g/mol. The van der Waals surface area contributed by atoms with Crippen molar-refractivity contribution in [3.63, 3.8) is 0 Å². The highest BCUT2D eigenvalue weighted by atomic mass is 31.0. The number of ether oxygens (including phenoxy) is 2. The molecule has 0 fully saturated rings. The van der Waals surface area contributed by atoms with Crippen molar-refractivity contribution in [3.8, 4) is 12.3 Å². The zero-order valence-corrected chi connectivity index (χ0v) is 6.66. The first-order valence-electron chi connectivity index (χ1n) is 2.74. The standard InChI is InChI=1S/C6H9O3P/c1-2-3-8-6(7)9-4-5-10/h1H,3-5,10H2. The SMILES string of the molecule is C#CCOC(=O)OCCP. The minimum Gasteiger partial charge on any atom is -0.434 e. The molecule has 1 atom stereocenters. The molecule has 0 heterocycles. The Morgan fingerprint density at radius 3 is 2.80 bits per heavy atom. The maximum atomic E-state index is 10.4. The minimum atomic E-state index is -0.708.